The molecule has 0 saturated heterocycles. The Balaban J connectivity index is 1.90. The van der Waals surface area contributed by atoms with E-state index in [1.54, 1.807) is 12.3 Å². The molecule has 2 rings (SSSR count). The van der Waals surface area contributed by atoms with Gasteiger partial charge >= 0.3 is 0 Å². The predicted molar refractivity (Wildman–Crippen MR) is 67.4 cm³/mol. The molecule has 4 heteroatoms. The van der Waals surface area contributed by atoms with Crippen LogP contribution in [-0.2, 0) is 0 Å². The van der Waals surface area contributed by atoms with Gasteiger partial charge in [0.15, 0.2) is 11.6 Å². The highest BCUT2D eigenvalue weighted by Crippen LogP contribution is 2.31. The molecule has 1 aliphatic rings. The van der Waals surface area contributed by atoms with Crippen LogP contribution in [-0.4, -0.2) is 22.0 Å². The fraction of sp³-hybridized carbons (Fsp3) is 0.583. The molecular weight excluding hydrogens is 223 g/mol. The number of hydrogen-bond acceptors (Lipinski definition) is 3. The monoisotopic (exact) mass is 240 g/mol. The van der Waals surface area contributed by atoms with Gasteiger partial charge in [0.1, 0.15) is 0 Å². The van der Waals surface area contributed by atoms with Gasteiger partial charge in [-0.3, -0.25) is 0 Å². The highest BCUT2D eigenvalue weighted by Gasteiger charge is 2.25. The number of halogens is 1. The number of aromatic nitrogens is 1. The second-order valence-corrected chi connectivity index (χ2v) is 5.64. The first-order chi connectivity index (χ1) is 7.79. The molecule has 16 heavy (non-hydrogen) atoms. The molecule has 1 saturated carbocycles. The molecule has 2 nitrogen and oxygen atoms in total. The van der Waals surface area contributed by atoms with Crippen molar-refractivity contribution in [3.63, 3.8) is 0 Å². The van der Waals surface area contributed by atoms with Gasteiger partial charge in [-0.25, -0.2) is 9.37 Å². The number of pyridine rings is 1. The van der Waals surface area contributed by atoms with Gasteiger partial charge in [-0.2, -0.15) is 11.8 Å². The summed E-state index contributed by atoms with van der Waals surface area (Å²) in [7, 11) is 0. The molecule has 1 heterocycles. The Morgan fingerprint density at radius 2 is 2.44 bits per heavy atom. The van der Waals surface area contributed by atoms with E-state index in [1.165, 1.54) is 12.5 Å². The van der Waals surface area contributed by atoms with Crippen LogP contribution in [0.3, 0.4) is 0 Å². The Labute approximate surface area is 100 Å². The lowest BCUT2D eigenvalue weighted by Gasteiger charge is -2.13. The molecule has 1 aliphatic carbocycles. The lowest BCUT2D eigenvalue weighted by Crippen LogP contribution is -2.17. The van der Waals surface area contributed by atoms with Crippen molar-refractivity contribution in [3.8, 4) is 0 Å². The van der Waals surface area contributed by atoms with Gasteiger partial charge in [0.2, 0.25) is 0 Å². The maximum absolute atomic E-state index is 13.4. The van der Waals surface area contributed by atoms with Crippen molar-refractivity contribution in [2.24, 2.45) is 0 Å². The van der Waals surface area contributed by atoms with Crippen molar-refractivity contribution in [1.29, 1.82) is 0 Å². The quantitative estimate of drug-likeness (QED) is 0.874. The van der Waals surface area contributed by atoms with Crippen molar-refractivity contribution in [2.45, 2.75) is 37.5 Å². The van der Waals surface area contributed by atoms with Crippen LogP contribution >= 0.6 is 11.8 Å². The highest BCUT2D eigenvalue weighted by molar-refractivity contribution is 7.99. The average Bonchev–Trinajstić information content (AvgIpc) is 2.70. The van der Waals surface area contributed by atoms with Crippen LogP contribution in [0.5, 0.6) is 0 Å². The SMILES string of the molecule is CCSC1CCC(Nc2ncccc2F)C1. The first-order valence-electron chi connectivity index (χ1n) is 5.78. The molecule has 0 amide bonds. The van der Waals surface area contributed by atoms with Crippen LogP contribution in [0, 0.1) is 5.82 Å². The van der Waals surface area contributed by atoms with E-state index >= 15 is 0 Å². The second kappa shape index (κ2) is 5.53. The smallest absolute Gasteiger partial charge is 0.165 e. The van der Waals surface area contributed by atoms with Crippen LogP contribution in [0.2, 0.25) is 0 Å². The molecule has 0 aliphatic heterocycles. The molecule has 0 spiro atoms. The highest BCUT2D eigenvalue weighted by atomic mass is 32.2. The van der Waals surface area contributed by atoms with Gasteiger partial charge in [0, 0.05) is 17.5 Å². The van der Waals surface area contributed by atoms with E-state index in [1.807, 2.05) is 11.8 Å². The summed E-state index contributed by atoms with van der Waals surface area (Å²) < 4.78 is 13.4. The third-order valence-electron chi connectivity index (χ3n) is 2.89. The van der Waals surface area contributed by atoms with Crippen molar-refractivity contribution >= 4 is 17.6 Å². The maximum atomic E-state index is 13.4. The molecule has 2 unspecified atom stereocenters. The number of nitrogens with one attached hydrogen (secondary N) is 1. The molecule has 1 aromatic heterocycles. The fourth-order valence-corrected chi connectivity index (χ4v) is 3.29. The minimum atomic E-state index is -0.255. The van der Waals surface area contributed by atoms with Crippen molar-refractivity contribution in [3.05, 3.63) is 24.1 Å². The molecule has 88 valence electrons. The lowest BCUT2D eigenvalue weighted by molar-refractivity contribution is 0.617. The standard InChI is InChI=1S/C12H17FN2S/c1-2-16-10-6-5-9(8-10)15-12-11(13)4-3-7-14-12/h3-4,7,9-10H,2,5-6,8H2,1H3,(H,14,15). The van der Waals surface area contributed by atoms with Gasteiger partial charge in [-0.1, -0.05) is 6.92 Å². The normalized spacial score (nSPS) is 24.6. The van der Waals surface area contributed by atoms with Crippen molar-refractivity contribution in [2.75, 3.05) is 11.1 Å². The van der Waals surface area contributed by atoms with Crippen LogP contribution in [0.25, 0.3) is 0 Å². The number of anilines is 1. The Morgan fingerprint density at radius 3 is 3.19 bits per heavy atom. The number of hydrogen-bond donors (Lipinski definition) is 1. The zero-order valence-electron chi connectivity index (χ0n) is 9.45. The average molecular weight is 240 g/mol. The van der Waals surface area contributed by atoms with Gasteiger partial charge in [-0.15, -0.1) is 0 Å². The minimum Gasteiger partial charge on any atom is -0.365 e. The third kappa shape index (κ3) is 2.88. The largest absolute Gasteiger partial charge is 0.365 e. The van der Waals surface area contributed by atoms with E-state index in [4.69, 9.17) is 0 Å². The second-order valence-electron chi connectivity index (χ2n) is 4.07. The Morgan fingerprint density at radius 1 is 1.56 bits per heavy atom. The van der Waals surface area contributed by atoms with Crippen molar-refractivity contribution in [1.82, 2.24) is 4.98 Å². The molecule has 1 N–H and O–H groups in total. The van der Waals surface area contributed by atoms with Gasteiger partial charge in [0.05, 0.1) is 0 Å². The Kier molecular flexibility index (Phi) is 4.04. The molecular formula is C12H17FN2S. The van der Waals surface area contributed by atoms with Gasteiger partial charge in [-0.05, 0) is 37.1 Å². The zero-order chi connectivity index (χ0) is 11.4. The first-order valence-corrected chi connectivity index (χ1v) is 6.83. The lowest BCUT2D eigenvalue weighted by atomic mass is 10.2. The molecule has 2 atom stereocenters. The summed E-state index contributed by atoms with van der Waals surface area (Å²) in [4.78, 5) is 4.02. The maximum Gasteiger partial charge on any atom is 0.165 e. The van der Waals surface area contributed by atoms with E-state index in [9.17, 15) is 4.39 Å². The van der Waals surface area contributed by atoms with Crippen LogP contribution in [0.15, 0.2) is 18.3 Å². The molecule has 1 fully saturated rings. The summed E-state index contributed by atoms with van der Waals surface area (Å²) in [5.41, 5.74) is 0. The summed E-state index contributed by atoms with van der Waals surface area (Å²) in [6, 6.07) is 3.45. The van der Waals surface area contributed by atoms with Gasteiger partial charge < -0.3 is 5.32 Å². The first kappa shape index (κ1) is 11.7. The summed E-state index contributed by atoms with van der Waals surface area (Å²) in [6.45, 7) is 2.18. The van der Waals surface area contributed by atoms with Crippen molar-refractivity contribution < 1.29 is 4.39 Å². The van der Waals surface area contributed by atoms with E-state index in [2.05, 4.69) is 17.2 Å². The number of thioether (sulfide) groups is 1. The van der Waals surface area contributed by atoms with E-state index < -0.39 is 0 Å². The van der Waals surface area contributed by atoms with Crippen LogP contribution < -0.4 is 5.32 Å². The summed E-state index contributed by atoms with van der Waals surface area (Å²) >= 11 is 2.00. The summed E-state index contributed by atoms with van der Waals surface area (Å²) in [6.07, 6.45) is 5.09. The van der Waals surface area contributed by atoms with Gasteiger partial charge in [0.25, 0.3) is 0 Å². The van der Waals surface area contributed by atoms with Crippen LogP contribution in [0.1, 0.15) is 26.2 Å². The number of rotatable bonds is 4. The predicted octanol–water partition coefficient (Wildman–Crippen LogP) is 3.31. The molecule has 0 radical (unpaired) electrons. The van der Waals surface area contributed by atoms with E-state index in [0.717, 1.165) is 23.8 Å². The summed E-state index contributed by atoms with van der Waals surface area (Å²) in [5, 5.41) is 3.93. The molecule has 0 bridgehead atoms. The third-order valence-corrected chi connectivity index (χ3v) is 4.12. The Hall–Kier alpha value is -0.770. The molecule has 1 aromatic rings. The fourth-order valence-electron chi connectivity index (χ4n) is 2.14. The van der Waals surface area contributed by atoms with Crippen LogP contribution in [0.4, 0.5) is 10.2 Å². The van der Waals surface area contributed by atoms with E-state index in [-0.39, 0.29) is 5.82 Å². The van der Waals surface area contributed by atoms with E-state index in [0.29, 0.717) is 11.9 Å². The summed E-state index contributed by atoms with van der Waals surface area (Å²) in [5.74, 6) is 1.30. The molecule has 0 aromatic carbocycles. The topological polar surface area (TPSA) is 24.9 Å². The zero-order valence-corrected chi connectivity index (χ0v) is 10.3. The number of nitrogens with zero attached hydrogens (tertiary/aromatic N) is 1. The minimum absolute atomic E-state index is 0.255. The Bertz CT molecular complexity index is 346.